The maximum Gasteiger partial charge on any atom is 0.230 e. The van der Waals surface area contributed by atoms with Gasteiger partial charge in [-0.15, -0.1) is 11.8 Å². The lowest BCUT2D eigenvalue weighted by Gasteiger charge is -2.05. The van der Waals surface area contributed by atoms with Gasteiger partial charge in [0.1, 0.15) is 0 Å². The highest BCUT2D eigenvalue weighted by Crippen LogP contribution is 2.18. The minimum Gasteiger partial charge on any atom is -0.351 e. The molecule has 0 saturated heterocycles. The number of rotatable bonds is 6. The Balaban J connectivity index is 1.77. The third-order valence-electron chi connectivity index (χ3n) is 2.96. The molecule has 2 aromatic carbocycles. The Morgan fingerprint density at radius 2 is 1.67 bits per heavy atom. The van der Waals surface area contributed by atoms with Gasteiger partial charge in [-0.3, -0.25) is 9.59 Å². The normalized spacial score (nSPS) is 10.1. The zero-order valence-electron chi connectivity index (χ0n) is 11.8. The zero-order valence-corrected chi connectivity index (χ0v) is 12.7. The van der Waals surface area contributed by atoms with Crippen LogP contribution in [0.3, 0.4) is 0 Å². The topological polar surface area (TPSA) is 46.2 Å². The number of ketones is 1. The molecule has 0 aliphatic carbocycles. The molecular weight excluding hydrogens is 282 g/mol. The molecule has 0 spiro atoms. The van der Waals surface area contributed by atoms with Gasteiger partial charge >= 0.3 is 0 Å². The van der Waals surface area contributed by atoms with Crippen LogP contribution >= 0.6 is 11.8 Å². The molecule has 108 valence electrons. The summed E-state index contributed by atoms with van der Waals surface area (Å²) >= 11 is 1.46. The van der Waals surface area contributed by atoms with Gasteiger partial charge in [0, 0.05) is 17.0 Å². The molecule has 0 saturated carbocycles. The standard InChI is InChI=1S/C17H17NO2S/c1-13(19)15-7-9-16(10-8-15)21-12-17(20)18-11-14-5-3-2-4-6-14/h2-10H,11-12H2,1H3,(H,18,20). The molecule has 2 aromatic rings. The van der Waals surface area contributed by atoms with E-state index in [1.165, 1.54) is 11.8 Å². The monoisotopic (exact) mass is 299 g/mol. The van der Waals surface area contributed by atoms with E-state index in [0.717, 1.165) is 10.5 Å². The second-order valence-corrected chi connectivity index (χ2v) is 5.68. The van der Waals surface area contributed by atoms with Crippen molar-refractivity contribution in [2.45, 2.75) is 18.4 Å². The highest BCUT2D eigenvalue weighted by atomic mass is 32.2. The lowest BCUT2D eigenvalue weighted by atomic mass is 10.2. The van der Waals surface area contributed by atoms with Gasteiger partial charge in [-0.1, -0.05) is 42.5 Å². The molecule has 0 aliphatic rings. The first-order valence-electron chi connectivity index (χ1n) is 6.69. The lowest BCUT2D eigenvalue weighted by molar-refractivity contribution is -0.118. The predicted molar refractivity (Wildman–Crippen MR) is 85.5 cm³/mol. The first kappa shape index (κ1) is 15.3. The Bertz CT molecular complexity index is 608. The summed E-state index contributed by atoms with van der Waals surface area (Å²) in [5.41, 5.74) is 1.77. The van der Waals surface area contributed by atoms with E-state index in [-0.39, 0.29) is 11.7 Å². The van der Waals surface area contributed by atoms with Crippen molar-refractivity contribution in [1.29, 1.82) is 0 Å². The smallest absolute Gasteiger partial charge is 0.230 e. The molecule has 0 radical (unpaired) electrons. The summed E-state index contributed by atoms with van der Waals surface area (Å²) in [7, 11) is 0. The van der Waals surface area contributed by atoms with E-state index in [9.17, 15) is 9.59 Å². The van der Waals surface area contributed by atoms with Crippen molar-refractivity contribution < 1.29 is 9.59 Å². The predicted octanol–water partition coefficient (Wildman–Crippen LogP) is 3.30. The van der Waals surface area contributed by atoms with Gasteiger partial charge in [0.25, 0.3) is 0 Å². The Morgan fingerprint density at radius 3 is 2.29 bits per heavy atom. The van der Waals surface area contributed by atoms with Crippen molar-refractivity contribution in [3.05, 3.63) is 65.7 Å². The van der Waals surface area contributed by atoms with Crippen LogP contribution in [-0.2, 0) is 11.3 Å². The Morgan fingerprint density at radius 1 is 1.00 bits per heavy atom. The van der Waals surface area contributed by atoms with Crippen LogP contribution in [0.2, 0.25) is 0 Å². The molecule has 1 N–H and O–H groups in total. The molecule has 0 fully saturated rings. The van der Waals surface area contributed by atoms with Gasteiger partial charge in [-0.2, -0.15) is 0 Å². The van der Waals surface area contributed by atoms with Crippen LogP contribution < -0.4 is 5.32 Å². The number of benzene rings is 2. The molecule has 0 atom stereocenters. The second kappa shape index (κ2) is 7.64. The molecule has 0 aliphatic heterocycles. The van der Waals surface area contributed by atoms with Crippen LogP contribution in [0, 0.1) is 0 Å². The van der Waals surface area contributed by atoms with Crippen molar-refractivity contribution in [3.8, 4) is 0 Å². The van der Waals surface area contributed by atoms with Crippen LogP contribution in [0.1, 0.15) is 22.8 Å². The second-order valence-electron chi connectivity index (χ2n) is 4.63. The van der Waals surface area contributed by atoms with E-state index < -0.39 is 0 Å². The fourth-order valence-corrected chi connectivity index (χ4v) is 2.51. The summed E-state index contributed by atoms with van der Waals surface area (Å²) in [6, 6.07) is 17.1. The molecule has 0 bridgehead atoms. The SMILES string of the molecule is CC(=O)c1ccc(SCC(=O)NCc2ccccc2)cc1. The summed E-state index contributed by atoms with van der Waals surface area (Å²) < 4.78 is 0. The fourth-order valence-electron chi connectivity index (χ4n) is 1.78. The summed E-state index contributed by atoms with van der Waals surface area (Å²) in [6.07, 6.45) is 0. The highest BCUT2D eigenvalue weighted by molar-refractivity contribution is 8.00. The number of thioether (sulfide) groups is 1. The van der Waals surface area contributed by atoms with Crippen LogP contribution in [-0.4, -0.2) is 17.4 Å². The summed E-state index contributed by atoms with van der Waals surface area (Å²) in [4.78, 5) is 23.9. The number of hydrogen-bond donors (Lipinski definition) is 1. The van der Waals surface area contributed by atoms with Gasteiger partial charge in [-0.25, -0.2) is 0 Å². The number of carbonyl (C=O) groups is 2. The zero-order chi connectivity index (χ0) is 15.1. The maximum absolute atomic E-state index is 11.8. The minimum absolute atomic E-state index is 0.000465. The highest BCUT2D eigenvalue weighted by Gasteiger charge is 2.04. The molecular formula is C17H17NO2S. The van der Waals surface area contributed by atoms with E-state index in [1.54, 1.807) is 19.1 Å². The molecule has 1 amide bonds. The Kier molecular flexibility index (Phi) is 5.58. The van der Waals surface area contributed by atoms with E-state index >= 15 is 0 Å². The van der Waals surface area contributed by atoms with E-state index in [2.05, 4.69) is 5.32 Å². The quantitative estimate of drug-likeness (QED) is 0.657. The molecule has 2 rings (SSSR count). The molecule has 0 unspecified atom stereocenters. The van der Waals surface area contributed by atoms with Crippen molar-refractivity contribution in [2.75, 3.05) is 5.75 Å². The largest absolute Gasteiger partial charge is 0.351 e. The van der Waals surface area contributed by atoms with Crippen LogP contribution in [0.4, 0.5) is 0 Å². The number of amides is 1. The molecule has 21 heavy (non-hydrogen) atoms. The third kappa shape index (κ3) is 5.08. The number of Topliss-reactive ketones (excluding diaryl/α,β-unsaturated/α-hetero) is 1. The first-order valence-corrected chi connectivity index (χ1v) is 7.68. The summed E-state index contributed by atoms with van der Waals surface area (Å²) in [6.45, 7) is 2.09. The van der Waals surface area contributed by atoms with Gasteiger partial charge in [0.15, 0.2) is 5.78 Å². The van der Waals surface area contributed by atoms with Gasteiger partial charge in [0.2, 0.25) is 5.91 Å². The third-order valence-corrected chi connectivity index (χ3v) is 3.98. The number of hydrogen-bond acceptors (Lipinski definition) is 3. The molecule has 4 heteroatoms. The van der Waals surface area contributed by atoms with E-state index in [0.29, 0.717) is 17.9 Å². The van der Waals surface area contributed by atoms with Crippen molar-refractivity contribution in [2.24, 2.45) is 0 Å². The first-order chi connectivity index (χ1) is 10.1. The van der Waals surface area contributed by atoms with Crippen LogP contribution in [0.15, 0.2) is 59.5 Å². The van der Waals surface area contributed by atoms with E-state index in [4.69, 9.17) is 0 Å². The Hall–Kier alpha value is -2.07. The average molecular weight is 299 g/mol. The maximum atomic E-state index is 11.8. The minimum atomic E-state index is -0.000465. The van der Waals surface area contributed by atoms with Crippen LogP contribution in [0.25, 0.3) is 0 Å². The molecule has 3 nitrogen and oxygen atoms in total. The molecule has 0 aromatic heterocycles. The number of nitrogens with one attached hydrogen (secondary N) is 1. The summed E-state index contributed by atoms with van der Waals surface area (Å²) in [5, 5.41) is 2.88. The van der Waals surface area contributed by atoms with Crippen molar-refractivity contribution in [1.82, 2.24) is 5.32 Å². The lowest BCUT2D eigenvalue weighted by Crippen LogP contribution is -2.24. The molecule has 0 heterocycles. The number of carbonyl (C=O) groups excluding carboxylic acids is 2. The van der Waals surface area contributed by atoms with Crippen molar-refractivity contribution >= 4 is 23.5 Å². The fraction of sp³-hybridized carbons (Fsp3) is 0.176. The Labute approximate surface area is 128 Å². The average Bonchev–Trinajstić information content (AvgIpc) is 2.52. The van der Waals surface area contributed by atoms with E-state index in [1.807, 2.05) is 42.5 Å². The van der Waals surface area contributed by atoms with Gasteiger partial charge in [0.05, 0.1) is 5.75 Å². The van der Waals surface area contributed by atoms with Crippen molar-refractivity contribution in [3.63, 3.8) is 0 Å². The van der Waals surface area contributed by atoms with Crippen LogP contribution in [0.5, 0.6) is 0 Å². The van der Waals surface area contributed by atoms with Gasteiger partial charge in [-0.05, 0) is 24.6 Å². The van der Waals surface area contributed by atoms with Gasteiger partial charge < -0.3 is 5.32 Å². The summed E-state index contributed by atoms with van der Waals surface area (Å²) in [5.74, 6) is 0.415.